The van der Waals surface area contributed by atoms with Crippen molar-refractivity contribution in [3.63, 3.8) is 0 Å². The number of benzene rings is 1. The van der Waals surface area contributed by atoms with Crippen molar-refractivity contribution in [1.82, 2.24) is 14.8 Å². The zero-order chi connectivity index (χ0) is 19.7. The van der Waals surface area contributed by atoms with E-state index in [-0.39, 0.29) is 17.0 Å². The Labute approximate surface area is 157 Å². The van der Waals surface area contributed by atoms with Crippen molar-refractivity contribution >= 4 is 22.6 Å². The van der Waals surface area contributed by atoms with Crippen LogP contribution in [0, 0.1) is 5.82 Å². The van der Waals surface area contributed by atoms with Crippen LogP contribution in [-0.4, -0.2) is 66.9 Å². The fourth-order valence-corrected chi connectivity index (χ4v) is 3.66. The summed E-state index contributed by atoms with van der Waals surface area (Å²) >= 11 is 0. The first-order valence-corrected chi connectivity index (χ1v) is 9.04. The molecule has 146 valence electrons. The number of nitrogens with one attached hydrogen (secondary N) is 1. The van der Waals surface area contributed by atoms with Gasteiger partial charge >= 0.3 is 5.97 Å². The first-order chi connectivity index (χ1) is 12.8. The smallest absolute Gasteiger partial charge is 0.341 e. The predicted molar refractivity (Wildman–Crippen MR) is 103 cm³/mol. The summed E-state index contributed by atoms with van der Waals surface area (Å²) < 4.78 is 16.6. The van der Waals surface area contributed by atoms with Crippen LogP contribution in [0.25, 0.3) is 10.9 Å². The van der Waals surface area contributed by atoms with Crippen molar-refractivity contribution in [2.24, 2.45) is 0 Å². The summed E-state index contributed by atoms with van der Waals surface area (Å²) in [6, 6.07) is 3.06. The van der Waals surface area contributed by atoms with E-state index in [1.165, 1.54) is 12.3 Å². The number of hydrogen-bond acceptors (Lipinski definition) is 5. The second-order valence-electron chi connectivity index (χ2n) is 7.14. The molecule has 1 aromatic heterocycles. The van der Waals surface area contributed by atoms with Gasteiger partial charge in [-0.05, 0) is 33.2 Å². The van der Waals surface area contributed by atoms with Crippen molar-refractivity contribution < 1.29 is 14.3 Å². The van der Waals surface area contributed by atoms with Crippen LogP contribution in [0.3, 0.4) is 0 Å². The van der Waals surface area contributed by atoms with Crippen LogP contribution >= 0.6 is 0 Å². The number of fused-ring (bicyclic) bond motifs is 1. The van der Waals surface area contributed by atoms with Gasteiger partial charge in [-0.1, -0.05) is 0 Å². The standard InChI is InChI=1S/C19H25FN4O3/c1-4-23-11-14(19(26)27)18(25)13-7-15(20)17(8-16(13)23)24-6-5-21-12(10-24)9-22(2)3/h7-8,11-12,21H,4-6,9-10H2,1-3H3,(H,26,27). The summed E-state index contributed by atoms with van der Waals surface area (Å²) in [5, 5.41) is 12.8. The predicted octanol–water partition coefficient (Wildman–Crippen LogP) is 1.20. The van der Waals surface area contributed by atoms with Crippen LogP contribution < -0.4 is 15.6 Å². The maximum absolute atomic E-state index is 14.9. The van der Waals surface area contributed by atoms with E-state index in [9.17, 15) is 19.1 Å². The molecular formula is C19H25FN4O3. The fourth-order valence-electron chi connectivity index (χ4n) is 3.66. The molecule has 1 unspecified atom stereocenters. The number of piperazine rings is 1. The number of aromatic carboxylic acids is 1. The average Bonchev–Trinajstić information content (AvgIpc) is 2.61. The summed E-state index contributed by atoms with van der Waals surface area (Å²) in [6.45, 7) is 5.24. The third-order valence-electron chi connectivity index (χ3n) is 4.90. The van der Waals surface area contributed by atoms with E-state index >= 15 is 0 Å². The number of aromatic nitrogens is 1. The summed E-state index contributed by atoms with van der Waals surface area (Å²) in [7, 11) is 3.99. The second-order valence-corrected chi connectivity index (χ2v) is 7.14. The van der Waals surface area contributed by atoms with Gasteiger partial charge in [0.25, 0.3) is 0 Å². The quantitative estimate of drug-likeness (QED) is 0.817. The van der Waals surface area contributed by atoms with Crippen LogP contribution in [0.15, 0.2) is 23.1 Å². The Bertz CT molecular complexity index is 925. The van der Waals surface area contributed by atoms with Crippen LogP contribution in [0.2, 0.25) is 0 Å². The van der Waals surface area contributed by atoms with Crippen molar-refractivity contribution in [2.75, 3.05) is 45.2 Å². The number of pyridine rings is 1. The third-order valence-corrected chi connectivity index (χ3v) is 4.90. The topological polar surface area (TPSA) is 77.8 Å². The maximum Gasteiger partial charge on any atom is 0.341 e. The highest BCUT2D eigenvalue weighted by molar-refractivity contribution is 5.93. The Morgan fingerprint density at radius 2 is 2.15 bits per heavy atom. The molecular weight excluding hydrogens is 351 g/mol. The van der Waals surface area contributed by atoms with Gasteiger partial charge in [-0.2, -0.15) is 0 Å². The number of rotatable bonds is 5. The molecule has 0 amide bonds. The highest BCUT2D eigenvalue weighted by atomic mass is 19.1. The first kappa shape index (κ1) is 19.3. The van der Waals surface area contributed by atoms with Gasteiger partial charge in [0.15, 0.2) is 0 Å². The molecule has 1 aliphatic rings. The molecule has 1 atom stereocenters. The highest BCUT2D eigenvalue weighted by Gasteiger charge is 2.24. The number of carboxylic acid groups (broad SMARTS) is 1. The molecule has 8 heteroatoms. The number of halogens is 1. The van der Waals surface area contributed by atoms with Gasteiger partial charge in [0.05, 0.1) is 11.2 Å². The normalized spacial score (nSPS) is 17.7. The molecule has 2 heterocycles. The number of carbonyl (C=O) groups is 1. The van der Waals surface area contributed by atoms with Gasteiger partial charge in [-0.3, -0.25) is 4.79 Å². The Morgan fingerprint density at radius 3 is 2.78 bits per heavy atom. The molecule has 1 aromatic carbocycles. The number of anilines is 1. The van der Waals surface area contributed by atoms with Gasteiger partial charge in [-0.25, -0.2) is 9.18 Å². The lowest BCUT2D eigenvalue weighted by atomic mass is 10.1. The van der Waals surface area contributed by atoms with E-state index in [0.717, 1.165) is 13.1 Å². The number of hydrogen-bond donors (Lipinski definition) is 2. The second kappa shape index (κ2) is 7.66. The molecule has 0 spiro atoms. The summed E-state index contributed by atoms with van der Waals surface area (Å²) in [4.78, 5) is 27.9. The minimum absolute atomic E-state index is 0.0953. The van der Waals surface area contributed by atoms with Crippen LogP contribution in [0.5, 0.6) is 0 Å². The average molecular weight is 376 g/mol. The Kier molecular flexibility index (Phi) is 5.48. The van der Waals surface area contributed by atoms with Gasteiger partial charge < -0.3 is 24.8 Å². The summed E-state index contributed by atoms with van der Waals surface area (Å²) in [6.07, 6.45) is 1.33. The Balaban J connectivity index is 2.07. The minimum Gasteiger partial charge on any atom is -0.477 e. The number of nitrogens with zero attached hydrogens (tertiary/aromatic N) is 3. The lowest BCUT2D eigenvalue weighted by Crippen LogP contribution is -2.54. The van der Waals surface area contributed by atoms with Gasteiger partial charge in [0.1, 0.15) is 11.4 Å². The Hall–Kier alpha value is -2.45. The Morgan fingerprint density at radius 1 is 1.41 bits per heavy atom. The zero-order valence-corrected chi connectivity index (χ0v) is 15.8. The van der Waals surface area contributed by atoms with Crippen LogP contribution in [0.4, 0.5) is 10.1 Å². The fraction of sp³-hybridized carbons (Fsp3) is 0.474. The van der Waals surface area contributed by atoms with E-state index in [4.69, 9.17) is 0 Å². The minimum atomic E-state index is -1.30. The van der Waals surface area contributed by atoms with Gasteiger partial charge in [0, 0.05) is 50.3 Å². The van der Waals surface area contributed by atoms with E-state index in [1.54, 1.807) is 10.6 Å². The van der Waals surface area contributed by atoms with Crippen molar-refractivity contribution in [2.45, 2.75) is 19.5 Å². The first-order valence-electron chi connectivity index (χ1n) is 9.04. The maximum atomic E-state index is 14.9. The molecule has 1 fully saturated rings. The van der Waals surface area contributed by atoms with Crippen molar-refractivity contribution in [1.29, 1.82) is 0 Å². The third kappa shape index (κ3) is 3.81. The molecule has 0 saturated carbocycles. The molecule has 2 N–H and O–H groups in total. The van der Waals surface area contributed by atoms with Gasteiger partial charge in [-0.15, -0.1) is 0 Å². The molecule has 7 nitrogen and oxygen atoms in total. The molecule has 0 radical (unpaired) electrons. The van der Waals surface area contributed by atoms with E-state index < -0.39 is 17.2 Å². The van der Waals surface area contributed by atoms with Crippen LogP contribution in [0.1, 0.15) is 17.3 Å². The van der Waals surface area contributed by atoms with E-state index in [1.807, 2.05) is 25.9 Å². The lowest BCUT2D eigenvalue weighted by Gasteiger charge is -2.36. The zero-order valence-electron chi connectivity index (χ0n) is 15.8. The monoisotopic (exact) mass is 376 g/mol. The number of aryl methyl sites for hydroxylation is 1. The number of carboxylic acids is 1. The summed E-state index contributed by atoms with van der Waals surface area (Å²) in [5.41, 5.74) is -0.00723. The molecule has 27 heavy (non-hydrogen) atoms. The molecule has 0 bridgehead atoms. The van der Waals surface area contributed by atoms with Crippen molar-refractivity contribution in [3.05, 3.63) is 39.9 Å². The number of likely N-dealkylation sites (N-methyl/N-ethyl adjacent to an activating group) is 1. The van der Waals surface area contributed by atoms with Crippen LogP contribution in [-0.2, 0) is 6.54 Å². The summed E-state index contributed by atoms with van der Waals surface area (Å²) in [5.74, 6) is -1.81. The highest BCUT2D eigenvalue weighted by Crippen LogP contribution is 2.26. The van der Waals surface area contributed by atoms with E-state index in [0.29, 0.717) is 30.8 Å². The molecule has 0 aliphatic carbocycles. The molecule has 3 rings (SSSR count). The largest absolute Gasteiger partial charge is 0.477 e. The lowest BCUT2D eigenvalue weighted by molar-refractivity contribution is 0.0695. The SMILES string of the molecule is CCn1cc(C(=O)O)c(=O)c2cc(F)c(N3CCNC(CN(C)C)C3)cc21. The van der Waals surface area contributed by atoms with E-state index in [2.05, 4.69) is 10.2 Å². The van der Waals surface area contributed by atoms with Gasteiger partial charge in [0.2, 0.25) is 5.43 Å². The van der Waals surface area contributed by atoms with Crippen molar-refractivity contribution in [3.8, 4) is 0 Å². The molecule has 1 aliphatic heterocycles. The molecule has 1 saturated heterocycles. The molecule has 2 aromatic rings.